The summed E-state index contributed by atoms with van der Waals surface area (Å²) in [5.41, 5.74) is 0.792. The zero-order valence-electron chi connectivity index (χ0n) is 12.5. The molecule has 0 heterocycles. The largest absolute Gasteiger partial charge is 0.476 e. The van der Waals surface area contributed by atoms with E-state index in [1.54, 1.807) is 7.05 Å². The molecule has 2 aromatic carbocycles. The van der Waals surface area contributed by atoms with Gasteiger partial charge in [0.1, 0.15) is 5.75 Å². The SMILES string of the molecule is CN(CCC#N)C(=O)[C@H](Oc1ccccc1)c1ccccc1. The van der Waals surface area contributed by atoms with E-state index in [4.69, 9.17) is 10.00 Å². The van der Waals surface area contributed by atoms with Gasteiger partial charge >= 0.3 is 0 Å². The minimum absolute atomic E-state index is 0.162. The molecular weight excluding hydrogens is 276 g/mol. The van der Waals surface area contributed by atoms with Crippen LogP contribution in [-0.4, -0.2) is 24.4 Å². The Morgan fingerprint density at radius 3 is 2.32 bits per heavy atom. The Labute approximate surface area is 130 Å². The van der Waals surface area contributed by atoms with Crippen molar-refractivity contribution in [2.24, 2.45) is 0 Å². The first-order valence-corrected chi connectivity index (χ1v) is 7.11. The smallest absolute Gasteiger partial charge is 0.268 e. The van der Waals surface area contributed by atoms with Gasteiger partial charge < -0.3 is 9.64 Å². The van der Waals surface area contributed by atoms with Crippen LogP contribution in [-0.2, 0) is 4.79 Å². The lowest BCUT2D eigenvalue weighted by atomic mass is 10.1. The maximum Gasteiger partial charge on any atom is 0.268 e. The van der Waals surface area contributed by atoms with Crippen LogP contribution in [0.15, 0.2) is 60.7 Å². The Hall–Kier alpha value is -2.80. The highest BCUT2D eigenvalue weighted by molar-refractivity contribution is 5.82. The molecule has 112 valence electrons. The quantitative estimate of drug-likeness (QED) is 0.822. The lowest BCUT2D eigenvalue weighted by molar-refractivity contribution is -0.137. The first kappa shape index (κ1) is 15.6. The summed E-state index contributed by atoms with van der Waals surface area (Å²) < 4.78 is 5.89. The molecule has 0 aliphatic heterocycles. The zero-order chi connectivity index (χ0) is 15.8. The number of hydrogen-bond acceptors (Lipinski definition) is 3. The molecule has 0 unspecified atom stereocenters. The van der Waals surface area contributed by atoms with E-state index in [0.717, 1.165) is 5.56 Å². The summed E-state index contributed by atoms with van der Waals surface area (Å²) in [6.45, 7) is 0.386. The molecule has 1 atom stereocenters. The average Bonchev–Trinajstić information content (AvgIpc) is 2.58. The molecule has 1 amide bonds. The fourth-order valence-corrected chi connectivity index (χ4v) is 2.05. The Morgan fingerprint density at radius 1 is 1.14 bits per heavy atom. The van der Waals surface area contributed by atoms with Gasteiger partial charge in [0.05, 0.1) is 12.5 Å². The highest BCUT2D eigenvalue weighted by Crippen LogP contribution is 2.23. The van der Waals surface area contributed by atoms with Crippen LogP contribution in [0.5, 0.6) is 5.75 Å². The van der Waals surface area contributed by atoms with Crippen LogP contribution < -0.4 is 4.74 Å². The van der Waals surface area contributed by atoms with Gasteiger partial charge in [-0.1, -0.05) is 48.5 Å². The Kier molecular flexibility index (Phi) is 5.56. The third kappa shape index (κ3) is 4.10. The van der Waals surface area contributed by atoms with Crippen molar-refractivity contribution < 1.29 is 9.53 Å². The zero-order valence-corrected chi connectivity index (χ0v) is 12.5. The molecule has 0 N–H and O–H groups in total. The van der Waals surface area contributed by atoms with Crippen molar-refractivity contribution in [3.63, 3.8) is 0 Å². The maximum atomic E-state index is 12.6. The van der Waals surface area contributed by atoms with E-state index < -0.39 is 6.10 Å². The molecule has 0 aliphatic carbocycles. The lowest BCUT2D eigenvalue weighted by Crippen LogP contribution is -2.35. The molecule has 0 aliphatic rings. The van der Waals surface area contributed by atoms with Gasteiger partial charge in [-0.05, 0) is 12.1 Å². The minimum Gasteiger partial charge on any atom is -0.476 e. The van der Waals surface area contributed by atoms with Gasteiger partial charge in [-0.2, -0.15) is 5.26 Å². The molecule has 4 nitrogen and oxygen atoms in total. The normalized spacial score (nSPS) is 11.3. The molecule has 0 saturated carbocycles. The Balaban J connectivity index is 2.22. The number of likely N-dealkylation sites (N-methyl/N-ethyl adjacent to an activating group) is 1. The second-order valence-corrected chi connectivity index (χ2v) is 4.89. The second kappa shape index (κ2) is 7.84. The van der Waals surface area contributed by atoms with Gasteiger partial charge in [-0.3, -0.25) is 4.79 Å². The van der Waals surface area contributed by atoms with Crippen molar-refractivity contribution in [1.82, 2.24) is 4.90 Å². The number of benzene rings is 2. The molecule has 0 radical (unpaired) electrons. The summed E-state index contributed by atoms with van der Waals surface area (Å²) in [4.78, 5) is 14.2. The Bertz CT molecular complexity index is 635. The predicted octanol–water partition coefficient (Wildman–Crippen LogP) is 3.18. The summed E-state index contributed by atoms with van der Waals surface area (Å²) in [5.74, 6) is 0.476. The molecule has 0 spiro atoms. The molecule has 2 aromatic rings. The third-order valence-corrected chi connectivity index (χ3v) is 3.26. The summed E-state index contributed by atoms with van der Waals surface area (Å²) >= 11 is 0. The van der Waals surface area contributed by atoms with Crippen molar-refractivity contribution in [2.75, 3.05) is 13.6 Å². The van der Waals surface area contributed by atoms with E-state index in [2.05, 4.69) is 0 Å². The predicted molar refractivity (Wildman–Crippen MR) is 84.1 cm³/mol. The summed E-state index contributed by atoms with van der Waals surface area (Å²) in [6.07, 6.45) is -0.415. The number of carbonyl (C=O) groups is 1. The summed E-state index contributed by atoms with van der Waals surface area (Å²) in [6, 6.07) is 20.7. The fraction of sp³-hybridized carbons (Fsp3) is 0.222. The Morgan fingerprint density at radius 2 is 1.73 bits per heavy atom. The topological polar surface area (TPSA) is 53.3 Å². The van der Waals surface area contributed by atoms with Crippen LogP contribution in [0.1, 0.15) is 18.1 Å². The molecule has 4 heteroatoms. The van der Waals surface area contributed by atoms with E-state index in [0.29, 0.717) is 18.7 Å². The van der Waals surface area contributed by atoms with Crippen LogP contribution in [0.25, 0.3) is 0 Å². The number of nitriles is 1. The van der Waals surface area contributed by atoms with E-state index in [1.165, 1.54) is 4.90 Å². The van der Waals surface area contributed by atoms with Crippen molar-refractivity contribution in [1.29, 1.82) is 5.26 Å². The molecule has 0 aromatic heterocycles. The molecule has 22 heavy (non-hydrogen) atoms. The molecule has 0 saturated heterocycles. The van der Waals surface area contributed by atoms with Gasteiger partial charge in [-0.15, -0.1) is 0 Å². The number of para-hydroxylation sites is 1. The molecule has 0 fully saturated rings. The van der Waals surface area contributed by atoms with Crippen molar-refractivity contribution in [3.8, 4) is 11.8 Å². The summed E-state index contributed by atoms with van der Waals surface area (Å²) in [7, 11) is 1.68. The minimum atomic E-state index is -0.715. The first-order valence-electron chi connectivity index (χ1n) is 7.11. The van der Waals surface area contributed by atoms with E-state index in [-0.39, 0.29) is 5.91 Å². The summed E-state index contributed by atoms with van der Waals surface area (Å²) in [5, 5.41) is 8.67. The van der Waals surface area contributed by atoms with Crippen molar-refractivity contribution >= 4 is 5.91 Å². The number of nitrogens with zero attached hydrogens (tertiary/aromatic N) is 2. The van der Waals surface area contributed by atoms with E-state index in [1.807, 2.05) is 66.7 Å². The molecule has 0 bridgehead atoms. The highest BCUT2D eigenvalue weighted by atomic mass is 16.5. The average molecular weight is 294 g/mol. The number of ether oxygens (including phenoxy) is 1. The number of amides is 1. The second-order valence-electron chi connectivity index (χ2n) is 4.89. The van der Waals surface area contributed by atoms with Crippen LogP contribution in [0, 0.1) is 11.3 Å². The number of carbonyl (C=O) groups excluding carboxylic acids is 1. The van der Waals surface area contributed by atoms with Gasteiger partial charge in [0.25, 0.3) is 5.91 Å². The standard InChI is InChI=1S/C18H18N2O2/c1-20(14-8-13-19)18(21)17(15-9-4-2-5-10-15)22-16-11-6-3-7-12-16/h2-7,9-12,17H,8,14H2,1H3/t17-/m1/s1. The van der Waals surface area contributed by atoms with Crippen LogP contribution in [0.2, 0.25) is 0 Å². The van der Waals surface area contributed by atoms with Gasteiger partial charge in [0.2, 0.25) is 6.10 Å². The monoisotopic (exact) mass is 294 g/mol. The third-order valence-electron chi connectivity index (χ3n) is 3.26. The van der Waals surface area contributed by atoms with Crippen LogP contribution in [0.3, 0.4) is 0 Å². The molecule has 2 rings (SSSR count). The fourth-order valence-electron chi connectivity index (χ4n) is 2.05. The van der Waals surface area contributed by atoms with Gasteiger partial charge in [-0.25, -0.2) is 0 Å². The van der Waals surface area contributed by atoms with E-state index >= 15 is 0 Å². The van der Waals surface area contributed by atoms with Gasteiger partial charge in [0, 0.05) is 19.2 Å². The number of rotatable bonds is 6. The van der Waals surface area contributed by atoms with Crippen LogP contribution in [0.4, 0.5) is 0 Å². The van der Waals surface area contributed by atoms with Gasteiger partial charge in [0.15, 0.2) is 0 Å². The number of hydrogen-bond donors (Lipinski definition) is 0. The van der Waals surface area contributed by atoms with Crippen molar-refractivity contribution in [2.45, 2.75) is 12.5 Å². The molecular formula is C18H18N2O2. The highest BCUT2D eigenvalue weighted by Gasteiger charge is 2.25. The van der Waals surface area contributed by atoms with Crippen molar-refractivity contribution in [3.05, 3.63) is 66.2 Å². The first-order chi connectivity index (χ1) is 10.7. The lowest BCUT2D eigenvalue weighted by Gasteiger charge is -2.24. The van der Waals surface area contributed by atoms with Crippen LogP contribution >= 0.6 is 0 Å². The maximum absolute atomic E-state index is 12.6. The van der Waals surface area contributed by atoms with E-state index in [9.17, 15) is 4.79 Å².